The van der Waals surface area contributed by atoms with Gasteiger partial charge in [0.25, 0.3) is 0 Å². The van der Waals surface area contributed by atoms with Crippen LogP contribution in [0.2, 0.25) is 0 Å². The van der Waals surface area contributed by atoms with E-state index in [4.69, 9.17) is 4.74 Å². The molecule has 1 heterocycles. The van der Waals surface area contributed by atoms with Gasteiger partial charge in [0.05, 0.1) is 13.2 Å². The van der Waals surface area contributed by atoms with Gasteiger partial charge in [0.1, 0.15) is 6.10 Å². The van der Waals surface area contributed by atoms with E-state index in [1.165, 1.54) is 7.11 Å². The highest BCUT2D eigenvalue weighted by atomic mass is 16.6. The Morgan fingerprint density at radius 3 is 2.91 bits per heavy atom. The fourth-order valence-corrected chi connectivity index (χ4v) is 0.871. The van der Waals surface area contributed by atoms with Gasteiger partial charge in [0.2, 0.25) is 0 Å². The van der Waals surface area contributed by atoms with E-state index in [0.717, 1.165) is 6.29 Å². The Bertz CT molecular complexity index is 166. The molecule has 4 nitrogen and oxygen atoms in total. The first kappa shape index (κ1) is 8.20. The molecule has 0 bridgehead atoms. The number of carbonyl (C=O) groups is 2. The minimum atomic E-state index is -0.278. The van der Waals surface area contributed by atoms with Gasteiger partial charge in [-0.25, -0.2) is 0 Å². The van der Waals surface area contributed by atoms with Crippen LogP contribution in [0.15, 0.2) is 0 Å². The summed E-state index contributed by atoms with van der Waals surface area (Å²) in [4.78, 5) is 20.6. The second-order valence-electron chi connectivity index (χ2n) is 2.39. The molecular weight excluding hydrogens is 148 g/mol. The van der Waals surface area contributed by atoms with Crippen molar-refractivity contribution in [3.63, 3.8) is 0 Å². The predicted octanol–water partition coefficient (Wildman–Crippen LogP) is -0.0941. The van der Waals surface area contributed by atoms with Gasteiger partial charge >= 0.3 is 5.97 Å². The molecule has 0 saturated carbocycles. The quantitative estimate of drug-likeness (QED) is 0.326. The molecule has 0 N–H and O–H groups in total. The molecule has 0 spiro atoms. The summed E-state index contributed by atoms with van der Waals surface area (Å²) in [5.74, 6) is -0.259. The number of ether oxygens (including phenoxy) is 2. The summed E-state index contributed by atoms with van der Waals surface area (Å²) in [7, 11) is 1.34. The lowest BCUT2D eigenvalue weighted by molar-refractivity contribution is -0.140. The zero-order chi connectivity index (χ0) is 8.27. The lowest BCUT2D eigenvalue weighted by Crippen LogP contribution is -2.03. The molecule has 0 aromatic heterocycles. The monoisotopic (exact) mass is 158 g/mol. The van der Waals surface area contributed by atoms with Crippen molar-refractivity contribution in [1.29, 1.82) is 0 Å². The Labute approximate surface area is 64.5 Å². The minimum absolute atomic E-state index is 0.0494. The number of hydrogen-bond acceptors (Lipinski definition) is 4. The van der Waals surface area contributed by atoms with E-state index >= 15 is 0 Å². The molecule has 0 aromatic rings. The predicted molar refractivity (Wildman–Crippen MR) is 36.0 cm³/mol. The van der Waals surface area contributed by atoms with Crippen LogP contribution in [0.25, 0.3) is 0 Å². The van der Waals surface area contributed by atoms with Crippen LogP contribution in [0.4, 0.5) is 0 Å². The number of esters is 1. The van der Waals surface area contributed by atoms with Crippen LogP contribution in [0.1, 0.15) is 12.8 Å². The van der Waals surface area contributed by atoms with Gasteiger partial charge < -0.3 is 14.3 Å². The SMILES string of the molecule is COC(=O)CCC1OC1C=O. The Hall–Kier alpha value is -0.900. The average Bonchev–Trinajstić information content (AvgIpc) is 2.78. The lowest BCUT2D eigenvalue weighted by Gasteiger charge is -1.94. The highest BCUT2D eigenvalue weighted by Crippen LogP contribution is 2.24. The van der Waals surface area contributed by atoms with Gasteiger partial charge in [0, 0.05) is 6.42 Å². The summed E-state index contributed by atoms with van der Waals surface area (Å²) in [6.07, 6.45) is 1.33. The summed E-state index contributed by atoms with van der Waals surface area (Å²) in [6.45, 7) is 0. The smallest absolute Gasteiger partial charge is 0.305 e. The highest BCUT2D eigenvalue weighted by molar-refractivity contribution is 5.69. The second kappa shape index (κ2) is 3.48. The van der Waals surface area contributed by atoms with Crippen LogP contribution in [-0.4, -0.2) is 31.6 Å². The number of aldehydes is 1. The normalized spacial score (nSPS) is 27.7. The molecule has 4 heteroatoms. The van der Waals surface area contributed by atoms with Crippen molar-refractivity contribution in [1.82, 2.24) is 0 Å². The molecule has 11 heavy (non-hydrogen) atoms. The van der Waals surface area contributed by atoms with Gasteiger partial charge in [-0.1, -0.05) is 0 Å². The Kier molecular flexibility index (Phi) is 2.59. The molecule has 0 amide bonds. The zero-order valence-corrected chi connectivity index (χ0v) is 6.28. The number of hydrogen-bond donors (Lipinski definition) is 0. The van der Waals surface area contributed by atoms with Crippen LogP contribution >= 0.6 is 0 Å². The Morgan fingerprint density at radius 1 is 1.73 bits per heavy atom. The summed E-state index contributed by atoms with van der Waals surface area (Å²) >= 11 is 0. The van der Waals surface area contributed by atoms with E-state index in [1.54, 1.807) is 0 Å². The topological polar surface area (TPSA) is 55.9 Å². The molecule has 1 rings (SSSR count). The molecule has 2 unspecified atom stereocenters. The van der Waals surface area contributed by atoms with Gasteiger partial charge in [0.15, 0.2) is 6.29 Å². The van der Waals surface area contributed by atoms with Crippen LogP contribution in [0, 0.1) is 0 Å². The first-order chi connectivity index (χ1) is 5.27. The number of epoxide rings is 1. The molecule has 0 radical (unpaired) electrons. The van der Waals surface area contributed by atoms with E-state index < -0.39 is 0 Å². The molecule has 1 aliphatic rings. The fourth-order valence-electron chi connectivity index (χ4n) is 0.871. The van der Waals surface area contributed by atoms with Crippen molar-refractivity contribution in [3.8, 4) is 0 Å². The van der Waals surface area contributed by atoms with Crippen LogP contribution in [0.3, 0.4) is 0 Å². The Morgan fingerprint density at radius 2 is 2.45 bits per heavy atom. The third-order valence-electron chi connectivity index (χ3n) is 1.62. The van der Waals surface area contributed by atoms with Gasteiger partial charge in [-0.3, -0.25) is 4.79 Å². The zero-order valence-electron chi connectivity index (χ0n) is 6.28. The molecule has 0 aliphatic carbocycles. The second-order valence-corrected chi connectivity index (χ2v) is 2.39. The van der Waals surface area contributed by atoms with Gasteiger partial charge in [-0.2, -0.15) is 0 Å². The van der Waals surface area contributed by atoms with E-state index in [9.17, 15) is 9.59 Å². The van der Waals surface area contributed by atoms with Crippen LogP contribution in [-0.2, 0) is 19.1 Å². The molecule has 2 atom stereocenters. The fraction of sp³-hybridized carbons (Fsp3) is 0.714. The summed E-state index contributed by atoms with van der Waals surface area (Å²) < 4.78 is 9.30. The van der Waals surface area contributed by atoms with E-state index in [2.05, 4.69) is 4.74 Å². The van der Waals surface area contributed by atoms with Crippen LogP contribution in [0.5, 0.6) is 0 Å². The van der Waals surface area contributed by atoms with Crippen molar-refractivity contribution in [3.05, 3.63) is 0 Å². The number of rotatable bonds is 4. The maximum Gasteiger partial charge on any atom is 0.305 e. The van der Waals surface area contributed by atoms with E-state index in [-0.39, 0.29) is 18.2 Å². The third-order valence-corrected chi connectivity index (χ3v) is 1.62. The Balaban J connectivity index is 2.05. The van der Waals surface area contributed by atoms with Crippen molar-refractivity contribution < 1.29 is 19.1 Å². The van der Waals surface area contributed by atoms with Crippen molar-refractivity contribution in [2.45, 2.75) is 25.0 Å². The third kappa shape index (κ3) is 2.31. The first-order valence-corrected chi connectivity index (χ1v) is 3.45. The summed E-state index contributed by atoms with van der Waals surface area (Å²) in [5.41, 5.74) is 0. The maximum absolute atomic E-state index is 10.6. The van der Waals surface area contributed by atoms with Crippen molar-refractivity contribution in [2.75, 3.05) is 7.11 Å². The van der Waals surface area contributed by atoms with Gasteiger partial charge in [-0.15, -0.1) is 0 Å². The molecule has 1 fully saturated rings. The lowest BCUT2D eigenvalue weighted by atomic mass is 10.2. The van der Waals surface area contributed by atoms with Crippen molar-refractivity contribution in [2.24, 2.45) is 0 Å². The molecular formula is C7H10O4. The molecule has 0 aromatic carbocycles. The van der Waals surface area contributed by atoms with Crippen LogP contribution < -0.4 is 0 Å². The largest absolute Gasteiger partial charge is 0.469 e. The summed E-state index contributed by atoms with van der Waals surface area (Å²) in [5, 5.41) is 0. The van der Waals surface area contributed by atoms with E-state index in [1.807, 2.05) is 0 Å². The average molecular weight is 158 g/mol. The maximum atomic E-state index is 10.6. The number of carbonyl (C=O) groups excluding carboxylic acids is 2. The summed E-state index contributed by atoms with van der Waals surface area (Å²) in [6, 6.07) is 0. The van der Waals surface area contributed by atoms with Gasteiger partial charge in [-0.05, 0) is 6.42 Å². The highest BCUT2D eigenvalue weighted by Gasteiger charge is 2.38. The molecule has 62 valence electrons. The minimum Gasteiger partial charge on any atom is -0.469 e. The van der Waals surface area contributed by atoms with E-state index in [0.29, 0.717) is 12.8 Å². The standard InChI is InChI=1S/C7H10O4/c1-10-7(9)3-2-5-6(4-8)11-5/h4-6H,2-3H2,1H3. The molecule has 1 aliphatic heterocycles. The first-order valence-electron chi connectivity index (χ1n) is 3.45. The molecule has 1 saturated heterocycles. The number of methoxy groups -OCH3 is 1. The van der Waals surface area contributed by atoms with Crippen molar-refractivity contribution >= 4 is 12.3 Å².